The third-order valence-electron chi connectivity index (χ3n) is 1.70. The Labute approximate surface area is 84.2 Å². The average Bonchev–Trinajstić information content (AvgIpc) is 2.21. The summed E-state index contributed by atoms with van der Waals surface area (Å²) in [4.78, 5) is 22.0. The Morgan fingerprint density at radius 1 is 1.43 bits per heavy atom. The molecule has 0 saturated carbocycles. The minimum absolute atomic E-state index is 0.109. The van der Waals surface area contributed by atoms with Crippen molar-refractivity contribution in [1.29, 1.82) is 0 Å². The fourth-order valence-corrected chi connectivity index (χ4v) is 0.833. The highest BCUT2D eigenvalue weighted by Gasteiger charge is 2.12. The van der Waals surface area contributed by atoms with Gasteiger partial charge in [-0.05, 0) is 13.3 Å². The number of rotatable bonds is 6. The molecule has 0 radical (unpaired) electrons. The number of amides is 1. The Balaban J connectivity index is 3.60. The summed E-state index contributed by atoms with van der Waals surface area (Å²) in [5, 5.41) is 5.45. The van der Waals surface area contributed by atoms with E-state index in [0.29, 0.717) is 6.54 Å². The lowest BCUT2D eigenvalue weighted by Gasteiger charge is -2.10. The minimum atomic E-state index is -0.452. The monoisotopic (exact) mass is 202 g/mol. The first kappa shape index (κ1) is 12.9. The number of carbonyl (C=O) groups excluding carboxylic acids is 2. The van der Waals surface area contributed by atoms with E-state index in [4.69, 9.17) is 0 Å². The van der Waals surface area contributed by atoms with Gasteiger partial charge in [-0.3, -0.25) is 14.9 Å². The predicted molar refractivity (Wildman–Crippen MR) is 52.8 cm³/mol. The third-order valence-corrected chi connectivity index (χ3v) is 1.70. The van der Waals surface area contributed by atoms with Crippen LogP contribution in [0, 0.1) is 0 Å². The maximum Gasteiger partial charge on any atom is 0.322 e. The zero-order chi connectivity index (χ0) is 11.0. The first-order valence-electron chi connectivity index (χ1n) is 4.69. The molecule has 0 rings (SSSR count). The van der Waals surface area contributed by atoms with Crippen LogP contribution in [-0.2, 0) is 14.3 Å². The Morgan fingerprint density at radius 3 is 2.57 bits per heavy atom. The molecule has 0 aromatic rings. The second kappa shape index (κ2) is 7.32. The average molecular weight is 202 g/mol. The van der Waals surface area contributed by atoms with E-state index in [-0.39, 0.29) is 18.4 Å². The predicted octanol–water partition coefficient (Wildman–Crippen LogP) is -0.336. The Kier molecular flexibility index (Phi) is 6.74. The van der Waals surface area contributed by atoms with Gasteiger partial charge in [-0.2, -0.15) is 0 Å². The molecule has 0 aromatic heterocycles. The van der Waals surface area contributed by atoms with Crippen molar-refractivity contribution >= 4 is 11.9 Å². The van der Waals surface area contributed by atoms with Gasteiger partial charge in [-0.1, -0.05) is 6.92 Å². The van der Waals surface area contributed by atoms with Gasteiger partial charge in [0.1, 0.15) is 6.04 Å². The molecule has 1 atom stereocenters. The smallest absolute Gasteiger partial charge is 0.322 e. The number of carbonyl (C=O) groups is 2. The second-order valence-corrected chi connectivity index (χ2v) is 2.98. The second-order valence-electron chi connectivity index (χ2n) is 2.98. The number of ether oxygens (including phenoxy) is 1. The summed E-state index contributed by atoms with van der Waals surface area (Å²) in [6.07, 6.45) is 0.901. The summed E-state index contributed by atoms with van der Waals surface area (Å²) < 4.78 is 4.49. The Morgan fingerprint density at radius 2 is 2.07 bits per heavy atom. The van der Waals surface area contributed by atoms with Gasteiger partial charge >= 0.3 is 5.97 Å². The molecular weight excluding hydrogens is 184 g/mol. The number of hydrogen-bond acceptors (Lipinski definition) is 4. The molecular formula is C9H18N2O3. The molecule has 0 aliphatic rings. The molecule has 0 aromatic carbocycles. The summed E-state index contributed by atoms with van der Waals surface area (Å²) in [5.74, 6) is -0.476. The molecule has 2 N–H and O–H groups in total. The van der Waals surface area contributed by atoms with Crippen LogP contribution in [0.3, 0.4) is 0 Å². The largest absolute Gasteiger partial charge is 0.468 e. The molecule has 1 unspecified atom stereocenters. The molecule has 14 heavy (non-hydrogen) atoms. The molecule has 0 bridgehead atoms. The van der Waals surface area contributed by atoms with Gasteiger partial charge in [0, 0.05) is 6.54 Å². The van der Waals surface area contributed by atoms with Crippen molar-refractivity contribution in [1.82, 2.24) is 10.6 Å². The van der Waals surface area contributed by atoms with Gasteiger partial charge in [0.15, 0.2) is 0 Å². The highest BCUT2D eigenvalue weighted by atomic mass is 16.5. The molecule has 82 valence electrons. The summed E-state index contributed by atoms with van der Waals surface area (Å²) >= 11 is 0. The van der Waals surface area contributed by atoms with Gasteiger partial charge in [0.25, 0.3) is 0 Å². The van der Waals surface area contributed by atoms with Crippen LogP contribution < -0.4 is 10.6 Å². The Bertz CT molecular complexity index is 194. The van der Waals surface area contributed by atoms with Crippen molar-refractivity contribution in [3.8, 4) is 0 Å². The molecule has 0 heterocycles. The summed E-state index contributed by atoms with van der Waals surface area (Å²) in [6, 6.07) is -0.452. The lowest BCUT2D eigenvalue weighted by atomic mass is 10.3. The molecule has 0 fully saturated rings. The topological polar surface area (TPSA) is 67.4 Å². The fourth-order valence-electron chi connectivity index (χ4n) is 0.833. The zero-order valence-electron chi connectivity index (χ0n) is 8.92. The van der Waals surface area contributed by atoms with E-state index < -0.39 is 6.04 Å². The van der Waals surface area contributed by atoms with Crippen LogP contribution in [0.5, 0.6) is 0 Å². The van der Waals surface area contributed by atoms with Crippen molar-refractivity contribution in [2.24, 2.45) is 0 Å². The van der Waals surface area contributed by atoms with E-state index in [9.17, 15) is 9.59 Å². The normalized spacial score (nSPS) is 11.9. The quantitative estimate of drug-likeness (QED) is 0.578. The molecule has 0 aliphatic carbocycles. The maximum atomic E-state index is 11.1. The zero-order valence-corrected chi connectivity index (χ0v) is 8.92. The van der Waals surface area contributed by atoms with Crippen molar-refractivity contribution in [2.75, 3.05) is 20.2 Å². The first-order chi connectivity index (χ1) is 6.61. The van der Waals surface area contributed by atoms with Crippen molar-refractivity contribution in [3.63, 3.8) is 0 Å². The highest BCUT2D eigenvalue weighted by molar-refractivity contribution is 5.80. The van der Waals surface area contributed by atoms with Gasteiger partial charge in [0.05, 0.1) is 13.7 Å². The number of esters is 1. The number of hydrogen-bond donors (Lipinski definition) is 2. The standard InChI is InChI=1S/C9H18N2O3/c1-4-5-10-8(12)6-11-7(2)9(13)14-3/h7,11H,4-6H2,1-3H3,(H,10,12). The number of nitrogens with one attached hydrogen (secondary N) is 2. The van der Waals surface area contributed by atoms with E-state index >= 15 is 0 Å². The number of methoxy groups -OCH3 is 1. The van der Waals surface area contributed by atoms with Crippen molar-refractivity contribution in [2.45, 2.75) is 26.3 Å². The summed E-state index contributed by atoms with van der Waals surface area (Å²) in [7, 11) is 1.32. The van der Waals surface area contributed by atoms with Gasteiger partial charge < -0.3 is 10.1 Å². The van der Waals surface area contributed by atoms with Crippen molar-refractivity contribution in [3.05, 3.63) is 0 Å². The third kappa shape index (κ3) is 5.53. The highest BCUT2D eigenvalue weighted by Crippen LogP contribution is 1.84. The van der Waals surface area contributed by atoms with E-state index in [1.165, 1.54) is 7.11 Å². The van der Waals surface area contributed by atoms with E-state index in [0.717, 1.165) is 6.42 Å². The van der Waals surface area contributed by atoms with Crippen LogP contribution in [-0.4, -0.2) is 38.1 Å². The van der Waals surface area contributed by atoms with Crippen LogP contribution in [0.1, 0.15) is 20.3 Å². The lowest BCUT2D eigenvalue weighted by Crippen LogP contribution is -2.42. The van der Waals surface area contributed by atoms with Crippen LogP contribution >= 0.6 is 0 Å². The molecule has 0 aliphatic heterocycles. The first-order valence-corrected chi connectivity index (χ1v) is 4.69. The minimum Gasteiger partial charge on any atom is -0.468 e. The summed E-state index contributed by atoms with van der Waals surface area (Å²) in [5.41, 5.74) is 0. The van der Waals surface area contributed by atoms with E-state index in [1.807, 2.05) is 6.92 Å². The summed E-state index contributed by atoms with van der Waals surface area (Å²) in [6.45, 7) is 4.42. The lowest BCUT2D eigenvalue weighted by molar-refractivity contribution is -0.142. The molecule has 5 nitrogen and oxygen atoms in total. The SMILES string of the molecule is CCCNC(=O)CNC(C)C(=O)OC. The molecule has 5 heteroatoms. The van der Waals surface area contributed by atoms with Gasteiger partial charge in [-0.15, -0.1) is 0 Å². The van der Waals surface area contributed by atoms with E-state index in [1.54, 1.807) is 6.92 Å². The molecule has 1 amide bonds. The van der Waals surface area contributed by atoms with Crippen molar-refractivity contribution < 1.29 is 14.3 Å². The van der Waals surface area contributed by atoms with Crippen LogP contribution in [0.4, 0.5) is 0 Å². The molecule has 0 spiro atoms. The van der Waals surface area contributed by atoms with E-state index in [2.05, 4.69) is 15.4 Å². The molecule has 0 saturated heterocycles. The van der Waals surface area contributed by atoms with Crippen LogP contribution in [0.2, 0.25) is 0 Å². The van der Waals surface area contributed by atoms with Gasteiger partial charge in [0.2, 0.25) is 5.91 Å². The Hall–Kier alpha value is -1.10. The van der Waals surface area contributed by atoms with Crippen LogP contribution in [0.15, 0.2) is 0 Å². The fraction of sp³-hybridized carbons (Fsp3) is 0.778. The maximum absolute atomic E-state index is 11.1. The van der Waals surface area contributed by atoms with Gasteiger partial charge in [-0.25, -0.2) is 0 Å². The van der Waals surface area contributed by atoms with Crippen LogP contribution in [0.25, 0.3) is 0 Å².